The van der Waals surface area contributed by atoms with Crippen LogP contribution in [-0.4, -0.2) is 46.8 Å². The monoisotopic (exact) mass is 342 g/mol. The molecule has 3 rings (SSSR count). The lowest BCUT2D eigenvalue weighted by Crippen LogP contribution is -2.38. The molecular weight excluding hydrogens is 316 g/mol. The lowest BCUT2D eigenvalue weighted by atomic mass is 10.1. The van der Waals surface area contributed by atoms with E-state index in [1.165, 1.54) is 30.4 Å². The number of rotatable bonds is 5. The molecule has 0 unspecified atom stereocenters. The third-order valence-corrected chi connectivity index (χ3v) is 4.79. The topological polar surface area (TPSA) is 67.2 Å². The SMILES string of the molecule is Cc1nn(CC(=O)NCCN2CCCCCC2)c(=O)c2ccccc12. The normalized spacial score (nSPS) is 15.9. The van der Waals surface area contributed by atoms with Crippen molar-refractivity contribution in [3.8, 4) is 0 Å². The smallest absolute Gasteiger partial charge is 0.275 e. The number of nitrogens with zero attached hydrogens (tertiary/aromatic N) is 3. The number of benzene rings is 1. The molecule has 0 aliphatic carbocycles. The number of carbonyl (C=O) groups is 1. The Hall–Kier alpha value is -2.21. The highest BCUT2D eigenvalue weighted by molar-refractivity contribution is 5.83. The lowest BCUT2D eigenvalue weighted by molar-refractivity contribution is -0.121. The number of fused-ring (bicyclic) bond motifs is 1. The minimum absolute atomic E-state index is 0.0372. The maximum Gasteiger partial charge on any atom is 0.275 e. The van der Waals surface area contributed by atoms with E-state index in [0.29, 0.717) is 11.9 Å². The van der Waals surface area contributed by atoms with E-state index in [9.17, 15) is 9.59 Å². The molecular formula is C19H26N4O2. The summed E-state index contributed by atoms with van der Waals surface area (Å²) in [6.07, 6.45) is 5.09. The Kier molecular flexibility index (Phi) is 5.81. The van der Waals surface area contributed by atoms with Gasteiger partial charge in [0.2, 0.25) is 5.91 Å². The molecule has 1 saturated heterocycles. The largest absolute Gasteiger partial charge is 0.353 e. The van der Waals surface area contributed by atoms with E-state index in [1.807, 2.05) is 25.1 Å². The van der Waals surface area contributed by atoms with E-state index in [-0.39, 0.29) is 18.0 Å². The zero-order valence-corrected chi connectivity index (χ0v) is 14.8. The number of hydrogen-bond acceptors (Lipinski definition) is 4. The predicted molar refractivity (Wildman–Crippen MR) is 98.7 cm³/mol. The van der Waals surface area contributed by atoms with Crippen LogP contribution in [0.4, 0.5) is 0 Å². The Morgan fingerprint density at radius 3 is 2.52 bits per heavy atom. The molecule has 6 heteroatoms. The van der Waals surface area contributed by atoms with Gasteiger partial charge in [0, 0.05) is 18.5 Å². The fraction of sp³-hybridized carbons (Fsp3) is 0.526. The first-order valence-corrected chi connectivity index (χ1v) is 9.10. The molecule has 0 atom stereocenters. The van der Waals surface area contributed by atoms with Crippen molar-refractivity contribution in [1.82, 2.24) is 20.0 Å². The van der Waals surface area contributed by atoms with Gasteiger partial charge < -0.3 is 10.2 Å². The molecule has 1 aliphatic rings. The molecule has 1 amide bonds. The van der Waals surface area contributed by atoms with Crippen LogP contribution >= 0.6 is 0 Å². The number of carbonyl (C=O) groups excluding carboxylic acids is 1. The zero-order chi connectivity index (χ0) is 17.6. The Labute approximate surface area is 147 Å². The predicted octanol–water partition coefficient (Wildman–Crippen LogP) is 1.70. The summed E-state index contributed by atoms with van der Waals surface area (Å²) >= 11 is 0. The van der Waals surface area contributed by atoms with E-state index in [4.69, 9.17) is 0 Å². The second-order valence-electron chi connectivity index (χ2n) is 6.70. The molecule has 134 valence electrons. The first-order valence-electron chi connectivity index (χ1n) is 9.10. The van der Waals surface area contributed by atoms with Gasteiger partial charge in [0.15, 0.2) is 0 Å². The average Bonchev–Trinajstić information content (AvgIpc) is 2.88. The lowest BCUT2D eigenvalue weighted by Gasteiger charge is -2.19. The number of aryl methyl sites for hydroxylation is 1. The number of nitrogens with one attached hydrogen (secondary N) is 1. The number of aromatic nitrogens is 2. The van der Waals surface area contributed by atoms with Crippen molar-refractivity contribution in [2.45, 2.75) is 39.2 Å². The molecule has 0 bridgehead atoms. The highest BCUT2D eigenvalue weighted by Crippen LogP contribution is 2.11. The van der Waals surface area contributed by atoms with Crippen LogP contribution in [-0.2, 0) is 11.3 Å². The quantitative estimate of drug-likeness (QED) is 0.898. The molecule has 2 aromatic rings. The van der Waals surface area contributed by atoms with Gasteiger partial charge in [-0.2, -0.15) is 5.10 Å². The first kappa shape index (κ1) is 17.6. The summed E-state index contributed by atoms with van der Waals surface area (Å²) in [7, 11) is 0. The van der Waals surface area contributed by atoms with Crippen LogP contribution in [0, 0.1) is 6.92 Å². The third kappa shape index (κ3) is 4.45. The molecule has 0 spiro atoms. The van der Waals surface area contributed by atoms with Crippen molar-refractivity contribution in [1.29, 1.82) is 0 Å². The minimum atomic E-state index is -0.219. The zero-order valence-electron chi connectivity index (χ0n) is 14.8. The summed E-state index contributed by atoms with van der Waals surface area (Å²) in [5, 5.41) is 8.64. The van der Waals surface area contributed by atoms with Crippen molar-refractivity contribution in [3.05, 3.63) is 40.3 Å². The van der Waals surface area contributed by atoms with E-state index in [0.717, 1.165) is 30.7 Å². The molecule has 6 nitrogen and oxygen atoms in total. The summed E-state index contributed by atoms with van der Waals surface area (Å²) in [5.74, 6) is -0.167. The van der Waals surface area contributed by atoms with Crippen LogP contribution in [0.3, 0.4) is 0 Å². The van der Waals surface area contributed by atoms with Crippen molar-refractivity contribution in [2.24, 2.45) is 0 Å². The molecule has 0 radical (unpaired) electrons. The Bertz CT molecular complexity index is 792. The van der Waals surface area contributed by atoms with Crippen molar-refractivity contribution in [2.75, 3.05) is 26.2 Å². The Balaban J connectivity index is 1.58. The van der Waals surface area contributed by atoms with Gasteiger partial charge in [0.05, 0.1) is 11.1 Å². The molecule has 1 aliphatic heterocycles. The van der Waals surface area contributed by atoms with Gasteiger partial charge >= 0.3 is 0 Å². The summed E-state index contributed by atoms with van der Waals surface area (Å²) < 4.78 is 1.26. The summed E-state index contributed by atoms with van der Waals surface area (Å²) in [6.45, 7) is 5.52. The van der Waals surface area contributed by atoms with Crippen LogP contribution in [0.2, 0.25) is 0 Å². The average molecular weight is 342 g/mol. The van der Waals surface area contributed by atoms with E-state index in [1.54, 1.807) is 6.07 Å². The van der Waals surface area contributed by atoms with Crippen LogP contribution in [0.5, 0.6) is 0 Å². The maximum absolute atomic E-state index is 12.5. The summed E-state index contributed by atoms with van der Waals surface area (Å²) in [6, 6.07) is 7.37. The van der Waals surface area contributed by atoms with E-state index in [2.05, 4.69) is 15.3 Å². The number of likely N-dealkylation sites (tertiary alicyclic amines) is 1. The van der Waals surface area contributed by atoms with Crippen LogP contribution in [0.25, 0.3) is 10.8 Å². The summed E-state index contributed by atoms with van der Waals surface area (Å²) in [4.78, 5) is 27.1. The molecule has 1 fully saturated rings. The molecule has 25 heavy (non-hydrogen) atoms. The highest BCUT2D eigenvalue weighted by atomic mass is 16.2. The van der Waals surface area contributed by atoms with Gasteiger partial charge in [-0.15, -0.1) is 0 Å². The van der Waals surface area contributed by atoms with Crippen LogP contribution in [0.1, 0.15) is 31.4 Å². The fourth-order valence-corrected chi connectivity index (χ4v) is 3.42. The van der Waals surface area contributed by atoms with Gasteiger partial charge in [0.25, 0.3) is 5.56 Å². The van der Waals surface area contributed by atoms with Gasteiger partial charge in [-0.1, -0.05) is 31.0 Å². The second-order valence-corrected chi connectivity index (χ2v) is 6.70. The number of hydrogen-bond donors (Lipinski definition) is 1. The minimum Gasteiger partial charge on any atom is -0.353 e. The molecule has 1 N–H and O–H groups in total. The van der Waals surface area contributed by atoms with Gasteiger partial charge in [0.1, 0.15) is 6.54 Å². The molecule has 0 saturated carbocycles. The molecule has 1 aromatic carbocycles. The van der Waals surface area contributed by atoms with Gasteiger partial charge in [-0.05, 0) is 38.9 Å². The summed E-state index contributed by atoms with van der Waals surface area (Å²) in [5.41, 5.74) is 0.538. The second kappa shape index (κ2) is 8.25. The Morgan fingerprint density at radius 1 is 1.12 bits per heavy atom. The van der Waals surface area contributed by atoms with Crippen LogP contribution < -0.4 is 10.9 Å². The van der Waals surface area contributed by atoms with E-state index < -0.39 is 0 Å². The highest BCUT2D eigenvalue weighted by Gasteiger charge is 2.12. The van der Waals surface area contributed by atoms with Crippen molar-refractivity contribution in [3.63, 3.8) is 0 Å². The molecule has 2 heterocycles. The van der Waals surface area contributed by atoms with Crippen LogP contribution in [0.15, 0.2) is 29.1 Å². The fourth-order valence-electron chi connectivity index (χ4n) is 3.42. The van der Waals surface area contributed by atoms with Gasteiger partial charge in [-0.25, -0.2) is 4.68 Å². The standard InChI is InChI=1S/C19H26N4O2/c1-15-16-8-4-5-9-17(16)19(25)23(21-15)14-18(24)20-10-13-22-11-6-2-3-7-12-22/h4-5,8-9H,2-3,6-7,10-14H2,1H3,(H,20,24). The van der Waals surface area contributed by atoms with Crippen molar-refractivity contribution >= 4 is 16.7 Å². The third-order valence-electron chi connectivity index (χ3n) is 4.79. The number of amides is 1. The maximum atomic E-state index is 12.5. The van der Waals surface area contributed by atoms with Gasteiger partial charge in [-0.3, -0.25) is 9.59 Å². The molecule has 1 aromatic heterocycles. The first-order chi connectivity index (χ1) is 12.1. The van der Waals surface area contributed by atoms with Crippen molar-refractivity contribution < 1.29 is 4.79 Å². The Morgan fingerprint density at radius 2 is 1.80 bits per heavy atom. The van der Waals surface area contributed by atoms with E-state index >= 15 is 0 Å².